The fourth-order valence-electron chi connectivity index (χ4n) is 3.19. The number of amides is 1. The zero-order valence-corrected chi connectivity index (χ0v) is 14.4. The number of carbonyl (C=O) groups is 1. The number of hydrogen-bond donors (Lipinski definition) is 1. The van der Waals surface area contributed by atoms with Crippen LogP contribution >= 0.6 is 0 Å². The number of nitrogens with one attached hydrogen (secondary N) is 1. The van der Waals surface area contributed by atoms with E-state index in [4.69, 9.17) is 4.74 Å². The summed E-state index contributed by atoms with van der Waals surface area (Å²) >= 11 is 0. The van der Waals surface area contributed by atoms with Crippen LogP contribution in [0.1, 0.15) is 41.8 Å². The number of aromatic nitrogens is 1. The minimum atomic E-state index is -0.0855. The van der Waals surface area contributed by atoms with Gasteiger partial charge in [-0.25, -0.2) is 4.98 Å². The molecule has 25 heavy (non-hydrogen) atoms. The van der Waals surface area contributed by atoms with Gasteiger partial charge in [0, 0.05) is 18.8 Å². The van der Waals surface area contributed by atoms with Gasteiger partial charge < -0.3 is 15.0 Å². The van der Waals surface area contributed by atoms with Crippen LogP contribution in [0.4, 0.5) is 5.82 Å². The maximum atomic E-state index is 12.9. The SMILES string of the molecule is C[C@H]1CN(C(=O)c2ccc(NC3CC3)nc2)C[C@H](c2ccccc2)O1. The van der Waals surface area contributed by atoms with Crippen molar-refractivity contribution in [2.24, 2.45) is 0 Å². The van der Waals surface area contributed by atoms with Crippen LogP contribution in [0, 0.1) is 0 Å². The van der Waals surface area contributed by atoms with Gasteiger partial charge in [0.25, 0.3) is 5.91 Å². The van der Waals surface area contributed by atoms with Crippen molar-refractivity contribution in [2.45, 2.75) is 38.0 Å². The van der Waals surface area contributed by atoms with Gasteiger partial charge in [0.2, 0.25) is 0 Å². The molecule has 1 aromatic carbocycles. The van der Waals surface area contributed by atoms with Crippen LogP contribution in [0.15, 0.2) is 48.7 Å². The molecule has 1 aromatic heterocycles. The predicted molar refractivity (Wildman–Crippen MR) is 96.5 cm³/mol. The number of benzene rings is 1. The topological polar surface area (TPSA) is 54.5 Å². The molecule has 2 heterocycles. The van der Waals surface area contributed by atoms with E-state index in [1.165, 1.54) is 12.8 Å². The number of nitrogens with zero attached hydrogens (tertiary/aromatic N) is 2. The molecule has 130 valence electrons. The van der Waals surface area contributed by atoms with Crippen LogP contribution in [-0.4, -0.2) is 41.0 Å². The van der Waals surface area contributed by atoms with Crippen LogP contribution in [0.2, 0.25) is 0 Å². The third-order valence-electron chi connectivity index (χ3n) is 4.66. The summed E-state index contributed by atoms with van der Waals surface area (Å²) in [7, 11) is 0. The van der Waals surface area contributed by atoms with Gasteiger partial charge in [0.05, 0.1) is 18.2 Å². The highest BCUT2D eigenvalue weighted by molar-refractivity contribution is 5.94. The summed E-state index contributed by atoms with van der Waals surface area (Å²) in [5, 5.41) is 3.34. The molecule has 1 saturated carbocycles. The van der Waals surface area contributed by atoms with Gasteiger partial charge in [0.1, 0.15) is 11.9 Å². The second-order valence-electron chi connectivity index (χ2n) is 6.91. The first kappa shape index (κ1) is 16.1. The number of morpholine rings is 1. The highest BCUT2D eigenvalue weighted by Crippen LogP contribution is 2.27. The minimum absolute atomic E-state index is 0.00618. The Bertz CT molecular complexity index is 728. The standard InChI is InChI=1S/C20H23N3O2/c1-14-12-23(13-18(25-14)15-5-3-2-4-6-15)20(24)16-7-10-19(21-11-16)22-17-8-9-17/h2-7,10-11,14,17-18H,8-9,12-13H2,1H3,(H,21,22)/t14-,18+/m0/s1. The maximum Gasteiger partial charge on any atom is 0.255 e. The van der Waals surface area contributed by atoms with Crippen molar-refractivity contribution in [1.82, 2.24) is 9.88 Å². The van der Waals surface area contributed by atoms with Crippen LogP contribution in [-0.2, 0) is 4.74 Å². The fraction of sp³-hybridized carbons (Fsp3) is 0.400. The van der Waals surface area contributed by atoms with Crippen molar-refractivity contribution in [1.29, 1.82) is 0 Å². The molecule has 5 heteroatoms. The van der Waals surface area contributed by atoms with Crippen LogP contribution < -0.4 is 5.32 Å². The molecule has 0 unspecified atom stereocenters. The zero-order valence-electron chi connectivity index (χ0n) is 14.4. The molecular weight excluding hydrogens is 314 g/mol. The molecule has 1 amide bonds. The highest BCUT2D eigenvalue weighted by atomic mass is 16.5. The number of carbonyl (C=O) groups excluding carboxylic acids is 1. The van der Waals surface area contributed by atoms with Gasteiger partial charge in [-0.05, 0) is 37.5 Å². The third-order valence-corrected chi connectivity index (χ3v) is 4.66. The molecular formula is C20H23N3O2. The number of anilines is 1. The van der Waals surface area contributed by atoms with E-state index >= 15 is 0 Å². The third kappa shape index (κ3) is 3.82. The van der Waals surface area contributed by atoms with E-state index in [1.54, 1.807) is 6.20 Å². The molecule has 1 saturated heterocycles. The lowest BCUT2D eigenvalue weighted by Gasteiger charge is -2.37. The van der Waals surface area contributed by atoms with E-state index in [0.717, 1.165) is 11.4 Å². The Hall–Kier alpha value is -2.40. The van der Waals surface area contributed by atoms with E-state index in [-0.39, 0.29) is 18.1 Å². The summed E-state index contributed by atoms with van der Waals surface area (Å²) in [6, 6.07) is 14.4. The Kier molecular flexibility index (Phi) is 4.40. The molecule has 0 radical (unpaired) electrons. The Morgan fingerprint density at radius 1 is 1.16 bits per heavy atom. The van der Waals surface area contributed by atoms with E-state index in [0.29, 0.717) is 24.7 Å². The molecule has 4 rings (SSSR count). The van der Waals surface area contributed by atoms with Crippen molar-refractivity contribution in [2.75, 3.05) is 18.4 Å². The highest BCUT2D eigenvalue weighted by Gasteiger charge is 2.30. The van der Waals surface area contributed by atoms with Crippen LogP contribution in [0.3, 0.4) is 0 Å². The van der Waals surface area contributed by atoms with Crippen molar-refractivity contribution in [3.8, 4) is 0 Å². The first-order valence-electron chi connectivity index (χ1n) is 8.91. The quantitative estimate of drug-likeness (QED) is 0.930. The number of rotatable bonds is 4. The molecule has 1 aliphatic carbocycles. The minimum Gasteiger partial charge on any atom is -0.367 e. The smallest absolute Gasteiger partial charge is 0.255 e. The Morgan fingerprint density at radius 3 is 2.64 bits per heavy atom. The van der Waals surface area contributed by atoms with Gasteiger partial charge in [-0.15, -0.1) is 0 Å². The number of pyridine rings is 1. The molecule has 0 spiro atoms. The average molecular weight is 337 g/mol. The molecule has 2 aromatic rings. The molecule has 0 bridgehead atoms. The lowest BCUT2D eigenvalue weighted by molar-refractivity contribution is -0.0691. The number of ether oxygens (including phenoxy) is 1. The van der Waals surface area contributed by atoms with Gasteiger partial charge in [0.15, 0.2) is 0 Å². The normalized spacial score (nSPS) is 23.3. The van der Waals surface area contributed by atoms with Crippen molar-refractivity contribution in [3.05, 3.63) is 59.8 Å². The Labute approximate surface area is 148 Å². The fourth-order valence-corrected chi connectivity index (χ4v) is 3.19. The second-order valence-corrected chi connectivity index (χ2v) is 6.91. The molecule has 1 aliphatic heterocycles. The van der Waals surface area contributed by atoms with Crippen molar-refractivity contribution >= 4 is 11.7 Å². The Morgan fingerprint density at radius 2 is 1.96 bits per heavy atom. The van der Waals surface area contributed by atoms with E-state index in [2.05, 4.69) is 10.3 Å². The predicted octanol–water partition coefficient (Wildman–Crippen LogP) is 3.26. The van der Waals surface area contributed by atoms with E-state index < -0.39 is 0 Å². The lowest BCUT2D eigenvalue weighted by Crippen LogP contribution is -2.46. The monoisotopic (exact) mass is 337 g/mol. The second kappa shape index (κ2) is 6.84. The molecule has 2 aliphatic rings. The van der Waals surface area contributed by atoms with Gasteiger partial charge >= 0.3 is 0 Å². The summed E-state index contributed by atoms with van der Waals surface area (Å²) in [4.78, 5) is 19.1. The largest absolute Gasteiger partial charge is 0.367 e. The first-order chi connectivity index (χ1) is 12.2. The van der Waals surface area contributed by atoms with Gasteiger partial charge in [-0.1, -0.05) is 30.3 Å². The van der Waals surface area contributed by atoms with Crippen molar-refractivity contribution in [3.63, 3.8) is 0 Å². The van der Waals surface area contributed by atoms with Gasteiger partial charge in [-0.3, -0.25) is 4.79 Å². The Balaban J connectivity index is 1.46. The zero-order chi connectivity index (χ0) is 17.2. The van der Waals surface area contributed by atoms with Crippen LogP contribution in [0.5, 0.6) is 0 Å². The average Bonchev–Trinajstić information content (AvgIpc) is 3.46. The summed E-state index contributed by atoms with van der Waals surface area (Å²) in [6.45, 7) is 3.18. The number of hydrogen-bond acceptors (Lipinski definition) is 4. The van der Waals surface area contributed by atoms with E-state index in [1.807, 2.05) is 54.3 Å². The lowest BCUT2D eigenvalue weighted by atomic mass is 10.1. The van der Waals surface area contributed by atoms with Crippen molar-refractivity contribution < 1.29 is 9.53 Å². The summed E-state index contributed by atoms with van der Waals surface area (Å²) < 4.78 is 6.04. The molecule has 2 atom stereocenters. The molecule has 2 fully saturated rings. The molecule has 1 N–H and O–H groups in total. The van der Waals surface area contributed by atoms with Crippen LogP contribution in [0.25, 0.3) is 0 Å². The molecule has 5 nitrogen and oxygen atoms in total. The first-order valence-corrected chi connectivity index (χ1v) is 8.91. The summed E-state index contributed by atoms with van der Waals surface area (Å²) in [5.74, 6) is 0.859. The summed E-state index contributed by atoms with van der Waals surface area (Å²) in [6.07, 6.45) is 4.00. The maximum absolute atomic E-state index is 12.9. The van der Waals surface area contributed by atoms with E-state index in [9.17, 15) is 4.79 Å². The van der Waals surface area contributed by atoms with Gasteiger partial charge in [-0.2, -0.15) is 0 Å². The summed E-state index contributed by atoms with van der Waals surface area (Å²) in [5.41, 5.74) is 1.73.